The Balaban J connectivity index is 0.000000423. The van der Waals surface area contributed by atoms with Crippen molar-refractivity contribution in [2.24, 2.45) is 5.73 Å². The van der Waals surface area contributed by atoms with Crippen LogP contribution in [0.3, 0.4) is 0 Å². The Labute approximate surface area is 85.9 Å². The molecule has 0 fully saturated rings. The number of carbonyl (C=O) groups excluding carboxylic acids is 1. The lowest BCUT2D eigenvalue weighted by atomic mass is 10.2. The summed E-state index contributed by atoms with van der Waals surface area (Å²) in [5, 5.41) is 17.3. The summed E-state index contributed by atoms with van der Waals surface area (Å²) in [5.74, 6) is -2.08. The van der Waals surface area contributed by atoms with Crippen molar-refractivity contribution in [1.29, 1.82) is 0 Å². The van der Waals surface area contributed by atoms with Crippen LogP contribution in [0.25, 0.3) is 0 Å². The van der Waals surface area contributed by atoms with Crippen LogP contribution in [0.5, 0.6) is 0 Å². The fourth-order valence-corrected chi connectivity index (χ4v) is 0.721. The summed E-state index contributed by atoms with van der Waals surface area (Å²) in [6.07, 6.45) is 3.34. The van der Waals surface area contributed by atoms with Gasteiger partial charge < -0.3 is 25.7 Å². The maximum atomic E-state index is 10.3. The summed E-state index contributed by atoms with van der Waals surface area (Å²) in [7, 11) is 0. The standard InChI is InChI=1S/C6H9N3O2.C2H4O2/c7-5(6(10)11)1-4-2-8-3-9-4;1-2(3)4/h2-3,5H,1,7H2,(H,8,9)(H,10,11);1H3,(H,3,4)/p-1/t5-;/m0./s1. The third-order valence-electron chi connectivity index (χ3n) is 1.31. The molecule has 1 atom stereocenters. The van der Waals surface area contributed by atoms with Gasteiger partial charge in [0.1, 0.15) is 6.04 Å². The fraction of sp³-hybridized carbons (Fsp3) is 0.375. The van der Waals surface area contributed by atoms with Gasteiger partial charge in [-0.1, -0.05) is 0 Å². The monoisotopic (exact) mass is 214 g/mol. The lowest BCUT2D eigenvalue weighted by Gasteiger charge is -2.02. The summed E-state index contributed by atoms with van der Waals surface area (Å²) in [5.41, 5.74) is 6.00. The Bertz CT molecular complexity index is 306. The number of aromatic amines is 1. The summed E-state index contributed by atoms with van der Waals surface area (Å²) < 4.78 is 0. The number of carboxylic acid groups (broad SMARTS) is 2. The van der Waals surface area contributed by atoms with E-state index in [2.05, 4.69) is 9.97 Å². The second kappa shape index (κ2) is 6.55. The normalized spacial score (nSPS) is 11.1. The van der Waals surface area contributed by atoms with E-state index < -0.39 is 18.0 Å². The zero-order valence-corrected chi connectivity index (χ0v) is 8.14. The van der Waals surface area contributed by atoms with E-state index in [9.17, 15) is 4.79 Å². The van der Waals surface area contributed by atoms with Gasteiger partial charge in [-0.3, -0.25) is 4.79 Å². The van der Waals surface area contributed by atoms with E-state index >= 15 is 0 Å². The topological polar surface area (TPSA) is 132 Å². The molecule has 0 unspecified atom stereocenters. The van der Waals surface area contributed by atoms with Crippen molar-refractivity contribution in [2.75, 3.05) is 0 Å². The summed E-state index contributed by atoms with van der Waals surface area (Å²) in [6.45, 7) is 0.972. The average molecular weight is 214 g/mol. The Morgan fingerprint density at radius 2 is 2.27 bits per heavy atom. The van der Waals surface area contributed by atoms with Gasteiger partial charge in [0.15, 0.2) is 0 Å². The molecule has 1 rings (SSSR count). The van der Waals surface area contributed by atoms with Crippen molar-refractivity contribution < 1.29 is 19.8 Å². The van der Waals surface area contributed by atoms with Gasteiger partial charge in [-0.05, 0) is 6.92 Å². The first-order valence-electron chi connectivity index (χ1n) is 4.06. The van der Waals surface area contributed by atoms with Crippen LogP contribution in [-0.4, -0.2) is 33.1 Å². The highest BCUT2D eigenvalue weighted by Gasteiger charge is 2.11. The number of hydrogen-bond donors (Lipinski definition) is 3. The molecule has 84 valence electrons. The third kappa shape index (κ3) is 7.20. The molecule has 0 saturated heterocycles. The first kappa shape index (κ1) is 13.1. The molecular weight excluding hydrogens is 202 g/mol. The maximum Gasteiger partial charge on any atom is 0.320 e. The first-order valence-corrected chi connectivity index (χ1v) is 4.06. The molecule has 0 radical (unpaired) electrons. The highest BCUT2D eigenvalue weighted by Crippen LogP contribution is 1.95. The summed E-state index contributed by atoms with van der Waals surface area (Å²) in [6, 6.07) is -0.851. The molecule has 0 spiro atoms. The number of rotatable bonds is 3. The second-order valence-corrected chi connectivity index (χ2v) is 2.72. The number of carboxylic acids is 2. The minimum atomic E-state index is -1.08. The van der Waals surface area contributed by atoms with Crippen LogP contribution < -0.4 is 10.8 Å². The Morgan fingerprint density at radius 3 is 2.60 bits per heavy atom. The quantitative estimate of drug-likeness (QED) is 0.539. The number of nitrogens with one attached hydrogen (secondary N) is 1. The predicted molar refractivity (Wildman–Crippen MR) is 48.6 cm³/mol. The van der Waals surface area contributed by atoms with Gasteiger partial charge in [0.25, 0.3) is 0 Å². The number of imidazole rings is 1. The Kier molecular flexibility index (Phi) is 5.72. The molecular formula is C8H12N3O4-. The number of H-pyrrole nitrogens is 1. The van der Waals surface area contributed by atoms with Crippen molar-refractivity contribution in [2.45, 2.75) is 19.4 Å². The molecule has 1 heterocycles. The molecule has 1 aromatic heterocycles. The van der Waals surface area contributed by atoms with E-state index in [1.165, 1.54) is 6.33 Å². The molecule has 1 aromatic rings. The predicted octanol–water partition coefficient (Wildman–Crippen LogP) is -1.88. The van der Waals surface area contributed by atoms with E-state index in [1.54, 1.807) is 6.20 Å². The molecule has 0 aliphatic carbocycles. The molecule has 0 aliphatic heterocycles. The van der Waals surface area contributed by atoms with Crippen molar-refractivity contribution in [3.63, 3.8) is 0 Å². The number of aromatic nitrogens is 2. The molecule has 0 aromatic carbocycles. The zero-order chi connectivity index (χ0) is 11.8. The number of nitrogens with two attached hydrogens (primary N) is 1. The molecule has 15 heavy (non-hydrogen) atoms. The van der Waals surface area contributed by atoms with Gasteiger partial charge in [0.2, 0.25) is 0 Å². The van der Waals surface area contributed by atoms with Crippen molar-refractivity contribution in [1.82, 2.24) is 9.97 Å². The molecule has 7 heteroatoms. The molecule has 4 N–H and O–H groups in total. The van der Waals surface area contributed by atoms with E-state index in [0.717, 1.165) is 12.6 Å². The van der Waals surface area contributed by atoms with Crippen LogP contribution in [0.1, 0.15) is 12.6 Å². The minimum absolute atomic E-state index is 0.287. The van der Waals surface area contributed by atoms with Gasteiger partial charge >= 0.3 is 5.97 Å². The molecule has 0 amide bonds. The lowest BCUT2D eigenvalue weighted by Crippen LogP contribution is -2.32. The molecule has 7 nitrogen and oxygen atoms in total. The number of nitrogens with zero attached hydrogens (tertiary/aromatic N) is 1. The maximum absolute atomic E-state index is 10.3. The van der Waals surface area contributed by atoms with Gasteiger partial charge in [-0.2, -0.15) is 0 Å². The third-order valence-corrected chi connectivity index (χ3v) is 1.31. The van der Waals surface area contributed by atoms with Crippen LogP contribution in [-0.2, 0) is 16.0 Å². The van der Waals surface area contributed by atoms with Crippen LogP contribution in [0.15, 0.2) is 12.5 Å². The molecule has 0 aliphatic rings. The highest BCUT2D eigenvalue weighted by atomic mass is 16.4. The lowest BCUT2D eigenvalue weighted by molar-refractivity contribution is -0.302. The van der Waals surface area contributed by atoms with Crippen LogP contribution in [0.4, 0.5) is 0 Å². The van der Waals surface area contributed by atoms with E-state index in [1.807, 2.05) is 0 Å². The SMILES string of the molecule is CC(=O)[O-].N[C@@H](Cc1cnc[nH]1)C(=O)O. The molecule has 0 saturated carbocycles. The van der Waals surface area contributed by atoms with Crippen LogP contribution in [0.2, 0.25) is 0 Å². The largest absolute Gasteiger partial charge is 0.550 e. The van der Waals surface area contributed by atoms with E-state index in [0.29, 0.717) is 0 Å². The second-order valence-electron chi connectivity index (χ2n) is 2.72. The smallest absolute Gasteiger partial charge is 0.320 e. The van der Waals surface area contributed by atoms with Gasteiger partial charge in [0.05, 0.1) is 6.33 Å². The Morgan fingerprint density at radius 1 is 1.73 bits per heavy atom. The first-order chi connectivity index (χ1) is 6.93. The fourth-order valence-electron chi connectivity index (χ4n) is 0.721. The van der Waals surface area contributed by atoms with E-state index in [-0.39, 0.29) is 6.42 Å². The minimum Gasteiger partial charge on any atom is -0.550 e. The number of hydrogen-bond acceptors (Lipinski definition) is 5. The molecule has 0 bridgehead atoms. The van der Waals surface area contributed by atoms with Gasteiger partial charge in [0, 0.05) is 24.3 Å². The van der Waals surface area contributed by atoms with Gasteiger partial charge in [-0.25, -0.2) is 4.98 Å². The Hall–Kier alpha value is -1.89. The van der Waals surface area contributed by atoms with Crippen LogP contribution in [0, 0.1) is 0 Å². The van der Waals surface area contributed by atoms with Crippen molar-refractivity contribution in [3.8, 4) is 0 Å². The van der Waals surface area contributed by atoms with E-state index in [4.69, 9.17) is 20.7 Å². The summed E-state index contributed by atoms with van der Waals surface area (Å²) >= 11 is 0. The van der Waals surface area contributed by atoms with Crippen LogP contribution >= 0.6 is 0 Å². The zero-order valence-electron chi connectivity index (χ0n) is 8.14. The number of aliphatic carboxylic acids is 2. The average Bonchev–Trinajstić information content (AvgIpc) is 2.55. The van der Waals surface area contributed by atoms with Gasteiger partial charge in [-0.15, -0.1) is 0 Å². The van der Waals surface area contributed by atoms with Crippen molar-refractivity contribution >= 4 is 11.9 Å². The van der Waals surface area contributed by atoms with Crippen molar-refractivity contribution in [3.05, 3.63) is 18.2 Å². The number of carbonyl (C=O) groups is 2. The highest BCUT2D eigenvalue weighted by molar-refractivity contribution is 5.73. The summed E-state index contributed by atoms with van der Waals surface area (Å²) in [4.78, 5) is 25.7.